The zero-order chi connectivity index (χ0) is 26.1. The third-order valence-electron chi connectivity index (χ3n) is 5.27. The number of hydrogen-bond acceptors (Lipinski definition) is 7. The van der Waals surface area contributed by atoms with Crippen LogP contribution in [-0.4, -0.2) is 80.7 Å². The number of benzene rings is 1. The molecule has 0 spiro atoms. The molecule has 190 valence electrons. The lowest BCUT2D eigenvalue weighted by Crippen LogP contribution is -2.57. The monoisotopic (exact) mass is 491 g/mol. The van der Waals surface area contributed by atoms with Gasteiger partial charge in [-0.15, -0.1) is 0 Å². The minimum Gasteiger partial charge on any atom is -0.481 e. The summed E-state index contributed by atoms with van der Waals surface area (Å²) >= 11 is 0. The maximum Gasteiger partial charge on any atom is 0.325 e. The zero-order valence-electron chi connectivity index (χ0n) is 19.0. The Morgan fingerprint density at radius 2 is 1.60 bits per heavy atom. The molecule has 0 aliphatic heterocycles. The van der Waals surface area contributed by atoms with Crippen LogP contribution in [0.5, 0.6) is 0 Å². The number of aromatic nitrogens is 1. The normalized spacial score (nSPS) is 14.4. The van der Waals surface area contributed by atoms with Crippen LogP contribution in [0.4, 0.5) is 0 Å². The van der Waals surface area contributed by atoms with Gasteiger partial charge in [-0.1, -0.05) is 18.2 Å². The summed E-state index contributed by atoms with van der Waals surface area (Å²) in [5, 5.41) is 35.0. The number of nitrogens with one attached hydrogen (secondary N) is 4. The Morgan fingerprint density at radius 3 is 2.23 bits per heavy atom. The van der Waals surface area contributed by atoms with E-state index in [0.29, 0.717) is 5.56 Å². The SMILES string of the molecule is CC(NC(=O)C(CCC(=O)O)NC(=O)C(Cc1c[nH]c2ccccc12)NC(=O)C(N)CO)C(=O)O. The molecule has 35 heavy (non-hydrogen) atoms. The molecule has 2 rings (SSSR count). The minimum atomic E-state index is -1.38. The maximum absolute atomic E-state index is 13.1. The first-order valence-electron chi connectivity index (χ1n) is 10.8. The lowest BCUT2D eigenvalue weighted by molar-refractivity contribution is -0.142. The Kier molecular flexibility index (Phi) is 9.73. The van der Waals surface area contributed by atoms with E-state index in [9.17, 15) is 29.1 Å². The van der Waals surface area contributed by atoms with Crippen LogP contribution < -0.4 is 21.7 Å². The van der Waals surface area contributed by atoms with Gasteiger partial charge in [-0.2, -0.15) is 0 Å². The van der Waals surface area contributed by atoms with Gasteiger partial charge in [0.25, 0.3) is 0 Å². The predicted molar refractivity (Wildman–Crippen MR) is 123 cm³/mol. The van der Waals surface area contributed by atoms with Crippen LogP contribution in [0.3, 0.4) is 0 Å². The molecule has 0 saturated heterocycles. The number of rotatable bonds is 13. The average molecular weight is 492 g/mol. The molecular formula is C22H29N5O8. The average Bonchev–Trinajstić information content (AvgIpc) is 3.22. The van der Waals surface area contributed by atoms with Crippen molar-refractivity contribution in [2.24, 2.45) is 5.73 Å². The first kappa shape index (κ1) is 27.3. The summed E-state index contributed by atoms with van der Waals surface area (Å²) in [4.78, 5) is 63.2. The van der Waals surface area contributed by atoms with E-state index >= 15 is 0 Å². The van der Waals surface area contributed by atoms with Crippen molar-refractivity contribution in [3.05, 3.63) is 36.0 Å². The molecule has 4 atom stereocenters. The highest BCUT2D eigenvalue weighted by Gasteiger charge is 2.30. The number of nitrogens with two attached hydrogens (primary N) is 1. The first-order valence-corrected chi connectivity index (χ1v) is 10.8. The fraction of sp³-hybridized carbons (Fsp3) is 0.409. The van der Waals surface area contributed by atoms with Crippen molar-refractivity contribution in [1.29, 1.82) is 0 Å². The number of H-pyrrole nitrogens is 1. The number of para-hydroxylation sites is 1. The Hall–Kier alpha value is -3.97. The second-order valence-electron chi connectivity index (χ2n) is 7.98. The predicted octanol–water partition coefficient (Wildman–Crippen LogP) is -1.55. The van der Waals surface area contributed by atoms with E-state index in [-0.39, 0.29) is 12.8 Å². The Balaban J connectivity index is 2.28. The molecule has 0 fully saturated rings. The highest BCUT2D eigenvalue weighted by Crippen LogP contribution is 2.19. The molecule has 1 heterocycles. The van der Waals surface area contributed by atoms with Crippen molar-refractivity contribution < 1.29 is 39.3 Å². The van der Waals surface area contributed by atoms with Crippen LogP contribution in [0, 0.1) is 0 Å². The van der Waals surface area contributed by atoms with E-state index in [1.54, 1.807) is 12.3 Å². The van der Waals surface area contributed by atoms with Gasteiger partial charge < -0.3 is 42.0 Å². The molecule has 2 aromatic rings. The van der Waals surface area contributed by atoms with Crippen molar-refractivity contribution in [2.75, 3.05) is 6.61 Å². The van der Waals surface area contributed by atoms with Crippen LogP contribution in [0.15, 0.2) is 30.5 Å². The fourth-order valence-electron chi connectivity index (χ4n) is 3.28. The highest BCUT2D eigenvalue weighted by atomic mass is 16.4. The quantitative estimate of drug-likeness (QED) is 0.162. The standard InChI is InChI=1S/C22H29N5O8/c1-11(22(34)35)25-20(32)16(6-7-18(29)30)26-21(33)17(27-19(31)14(23)10-28)8-12-9-24-15-5-3-2-4-13(12)15/h2-5,9,11,14,16-17,24,28H,6-8,10,23H2,1H3,(H,25,32)(H,26,33)(H,27,31)(H,29,30)(H,34,35). The van der Waals surface area contributed by atoms with Gasteiger partial charge in [0, 0.05) is 29.9 Å². The smallest absolute Gasteiger partial charge is 0.325 e. The fourth-order valence-corrected chi connectivity index (χ4v) is 3.28. The van der Waals surface area contributed by atoms with Crippen LogP contribution in [0.25, 0.3) is 10.9 Å². The minimum absolute atomic E-state index is 0.0153. The second-order valence-corrected chi connectivity index (χ2v) is 7.98. The van der Waals surface area contributed by atoms with Gasteiger partial charge in [0.15, 0.2) is 0 Å². The first-order chi connectivity index (χ1) is 16.5. The highest BCUT2D eigenvalue weighted by molar-refractivity contribution is 5.95. The van der Waals surface area contributed by atoms with Crippen molar-refractivity contribution in [3.63, 3.8) is 0 Å². The molecule has 1 aromatic carbocycles. The summed E-state index contributed by atoms with van der Waals surface area (Å²) in [6.07, 6.45) is 0.850. The number of carboxylic acids is 2. The molecule has 0 bridgehead atoms. The zero-order valence-corrected chi connectivity index (χ0v) is 19.0. The van der Waals surface area contributed by atoms with Crippen molar-refractivity contribution in [3.8, 4) is 0 Å². The number of amides is 3. The molecule has 4 unspecified atom stereocenters. The van der Waals surface area contributed by atoms with Gasteiger partial charge in [-0.05, 0) is 25.0 Å². The molecule has 0 aliphatic carbocycles. The molecule has 0 aliphatic rings. The van der Waals surface area contributed by atoms with E-state index in [1.807, 2.05) is 18.2 Å². The number of fused-ring (bicyclic) bond motifs is 1. The molecular weight excluding hydrogens is 462 g/mol. The summed E-state index contributed by atoms with van der Waals surface area (Å²) in [7, 11) is 0. The number of aliphatic hydroxyl groups is 1. The topological polar surface area (TPSA) is 224 Å². The van der Waals surface area contributed by atoms with Crippen molar-refractivity contribution >= 4 is 40.6 Å². The largest absolute Gasteiger partial charge is 0.481 e. The number of carboxylic acid groups (broad SMARTS) is 2. The summed E-state index contributed by atoms with van der Waals surface area (Å²) in [6, 6.07) is 2.05. The van der Waals surface area contributed by atoms with Crippen molar-refractivity contribution in [2.45, 2.75) is 50.4 Å². The number of hydrogen-bond donors (Lipinski definition) is 8. The number of aliphatic hydroxyl groups excluding tert-OH is 1. The van der Waals surface area contributed by atoms with E-state index in [0.717, 1.165) is 10.9 Å². The summed E-state index contributed by atoms with van der Waals surface area (Å²) in [6.45, 7) is 0.552. The van der Waals surface area contributed by atoms with Gasteiger partial charge in [0.2, 0.25) is 17.7 Å². The summed E-state index contributed by atoms with van der Waals surface area (Å²) in [5.74, 6) is -5.05. The molecule has 13 nitrogen and oxygen atoms in total. The number of carbonyl (C=O) groups excluding carboxylic acids is 3. The summed E-state index contributed by atoms with van der Waals surface area (Å²) < 4.78 is 0. The Morgan fingerprint density at radius 1 is 0.971 bits per heavy atom. The molecule has 1 aromatic heterocycles. The number of aliphatic carboxylic acids is 2. The van der Waals surface area contributed by atoms with Gasteiger partial charge in [0.05, 0.1) is 6.61 Å². The third kappa shape index (κ3) is 7.79. The Labute approximate surface area is 200 Å². The van der Waals surface area contributed by atoms with Gasteiger partial charge >= 0.3 is 11.9 Å². The molecule has 0 saturated carbocycles. The van der Waals surface area contributed by atoms with Gasteiger partial charge in [0.1, 0.15) is 24.2 Å². The van der Waals surface area contributed by atoms with E-state index in [1.165, 1.54) is 6.92 Å². The van der Waals surface area contributed by atoms with Crippen LogP contribution in [0.1, 0.15) is 25.3 Å². The van der Waals surface area contributed by atoms with Crippen LogP contribution in [-0.2, 0) is 30.4 Å². The van der Waals surface area contributed by atoms with E-state index in [4.69, 9.17) is 15.9 Å². The maximum atomic E-state index is 13.1. The molecule has 9 N–H and O–H groups in total. The van der Waals surface area contributed by atoms with Gasteiger partial charge in [-0.25, -0.2) is 0 Å². The molecule has 0 radical (unpaired) electrons. The lowest BCUT2D eigenvalue weighted by Gasteiger charge is -2.24. The molecule has 13 heteroatoms. The second kappa shape index (κ2) is 12.5. The van der Waals surface area contributed by atoms with Crippen LogP contribution >= 0.6 is 0 Å². The Bertz CT molecular complexity index is 1080. The van der Waals surface area contributed by atoms with Gasteiger partial charge in [-0.3, -0.25) is 24.0 Å². The number of carbonyl (C=O) groups is 5. The molecule has 3 amide bonds. The van der Waals surface area contributed by atoms with Crippen LogP contribution in [0.2, 0.25) is 0 Å². The van der Waals surface area contributed by atoms with E-state index < -0.39 is 66.9 Å². The van der Waals surface area contributed by atoms with E-state index in [2.05, 4.69) is 20.9 Å². The van der Waals surface area contributed by atoms with Crippen molar-refractivity contribution in [1.82, 2.24) is 20.9 Å². The third-order valence-corrected chi connectivity index (χ3v) is 5.27. The number of aromatic amines is 1. The lowest BCUT2D eigenvalue weighted by atomic mass is 10.0. The summed E-state index contributed by atoms with van der Waals surface area (Å²) in [5.41, 5.74) is 7.02.